The van der Waals surface area contributed by atoms with Gasteiger partial charge in [-0.25, -0.2) is 4.39 Å². The van der Waals surface area contributed by atoms with E-state index in [9.17, 15) is 9.18 Å². The van der Waals surface area contributed by atoms with Crippen LogP contribution in [0.5, 0.6) is 17.2 Å². The Bertz CT molecular complexity index is 1150. The van der Waals surface area contributed by atoms with Gasteiger partial charge in [0.15, 0.2) is 11.5 Å². The summed E-state index contributed by atoms with van der Waals surface area (Å²) in [5.74, 6) is 1.25. The van der Waals surface area contributed by atoms with Gasteiger partial charge in [0, 0.05) is 12.6 Å². The first-order chi connectivity index (χ1) is 16.3. The average Bonchev–Trinajstić information content (AvgIpc) is 3.33. The molecule has 1 N–H and O–H groups in total. The number of hydrogen-bond acceptors (Lipinski definition) is 5. The van der Waals surface area contributed by atoms with Crippen LogP contribution in [0, 0.1) is 5.82 Å². The van der Waals surface area contributed by atoms with E-state index in [-0.39, 0.29) is 24.2 Å². The predicted molar refractivity (Wildman–Crippen MR) is 132 cm³/mol. The van der Waals surface area contributed by atoms with Crippen molar-refractivity contribution in [3.05, 3.63) is 58.4 Å². The number of nitrogens with one attached hydrogen (secondary N) is 1. The number of nitrogens with zero attached hydrogens (tertiary/aromatic N) is 1. The molecule has 1 heterocycles. The van der Waals surface area contributed by atoms with E-state index in [1.165, 1.54) is 12.1 Å². The largest absolute Gasteiger partial charge is 0.493 e. The van der Waals surface area contributed by atoms with Crippen LogP contribution in [0.25, 0.3) is 17.2 Å². The number of amides is 1. The van der Waals surface area contributed by atoms with Gasteiger partial charge in [0.25, 0.3) is 0 Å². The molecule has 1 atom stereocenters. The first kappa shape index (κ1) is 23.8. The van der Waals surface area contributed by atoms with Crippen LogP contribution in [0.1, 0.15) is 36.5 Å². The third-order valence-electron chi connectivity index (χ3n) is 6.55. The quantitative estimate of drug-likeness (QED) is 0.656. The Morgan fingerprint density at radius 1 is 1.12 bits per heavy atom. The lowest BCUT2D eigenvalue weighted by Gasteiger charge is -2.14. The molecule has 0 bridgehead atoms. The van der Waals surface area contributed by atoms with Gasteiger partial charge < -0.3 is 24.4 Å². The number of benzene rings is 2. The van der Waals surface area contributed by atoms with Gasteiger partial charge in [-0.05, 0) is 90.7 Å². The molecular formula is C27H31FN2O4. The van der Waals surface area contributed by atoms with Crippen molar-refractivity contribution >= 4 is 23.1 Å². The Labute approximate surface area is 200 Å². The van der Waals surface area contributed by atoms with Crippen LogP contribution >= 0.6 is 0 Å². The zero-order valence-corrected chi connectivity index (χ0v) is 20.3. The second-order valence-corrected chi connectivity index (χ2v) is 8.80. The van der Waals surface area contributed by atoms with Crippen LogP contribution in [0.4, 0.5) is 4.39 Å². The summed E-state index contributed by atoms with van der Waals surface area (Å²) >= 11 is 0. The monoisotopic (exact) mass is 466 g/mol. The minimum atomic E-state index is -0.323. The molecule has 0 saturated carbocycles. The Morgan fingerprint density at radius 2 is 1.82 bits per heavy atom. The van der Waals surface area contributed by atoms with Crippen LogP contribution in [0.2, 0.25) is 0 Å². The Morgan fingerprint density at radius 3 is 2.41 bits per heavy atom. The highest BCUT2D eigenvalue weighted by molar-refractivity contribution is 6.08. The molecule has 2 aromatic carbocycles. The molecule has 1 fully saturated rings. The summed E-state index contributed by atoms with van der Waals surface area (Å²) < 4.78 is 30.6. The maximum absolute atomic E-state index is 14.2. The summed E-state index contributed by atoms with van der Waals surface area (Å²) in [6.45, 7) is 3.80. The SMILES string of the molecule is COc1cc(/C=C2/C(C)=C(CC(=O)NC3CCN(C)C3)c3cc(F)ccc32)cc(OC)c1OC. The molecule has 6 nitrogen and oxygen atoms in total. The second-order valence-electron chi connectivity index (χ2n) is 8.80. The van der Waals surface area contributed by atoms with E-state index >= 15 is 0 Å². The summed E-state index contributed by atoms with van der Waals surface area (Å²) in [5.41, 5.74) is 5.24. The highest BCUT2D eigenvalue weighted by Crippen LogP contribution is 2.45. The molecule has 0 spiro atoms. The number of ether oxygens (including phenoxy) is 3. The minimum Gasteiger partial charge on any atom is -0.493 e. The molecule has 180 valence electrons. The molecule has 1 saturated heterocycles. The Kier molecular flexibility index (Phi) is 6.93. The van der Waals surface area contributed by atoms with Crippen LogP contribution in [0.3, 0.4) is 0 Å². The third-order valence-corrected chi connectivity index (χ3v) is 6.55. The molecule has 1 amide bonds. The highest BCUT2D eigenvalue weighted by Gasteiger charge is 2.28. The van der Waals surface area contributed by atoms with Gasteiger partial charge in [-0.1, -0.05) is 6.07 Å². The molecule has 7 heteroatoms. The number of halogens is 1. The number of methoxy groups -OCH3 is 3. The molecule has 1 unspecified atom stereocenters. The van der Waals surface area contributed by atoms with Gasteiger partial charge in [-0.2, -0.15) is 0 Å². The van der Waals surface area contributed by atoms with E-state index in [1.807, 2.05) is 25.1 Å². The zero-order valence-electron chi connectivity index (χ0n) is 20.3. The fraction of sp³-hybridized carbons (Fsp3) is 0.370. The van der Waals surface area contributed by atoms with Gasteiger partial charge >= 0.3 is 0 Å². The number of rotatable bonds is 7. The standard InChI is InChI=1S/C27H31FN2O4/c1-16-21(10-17-11-24(32-3)27(34-5)25(12-17)33-4)20-7-6-18(28)13-23(20)22(16)14-26(31)29-19-8-9-30(2)15-19/h6-7,10-13,19H,8-9,14-15H2,1-5H3,(H,29,31)/b21-10-. The minimum absolute atomic E-state index is 0.0427. The number of carbonyl (C=O) groups excluding carboxylic acids is 1. The number of carbonyl (C=O) groups is 1. The maximum Gasteiger partial charge on any atom is 0.224 e. The van der Waals surface area contributed by atoms with Crippen LogP contribution in [-0.4, -0.2) is 58.3 Å². The van der Waals surface area contributed by atoms with Crippen molar-refractivity contribution in [2.75, 3.05) is 41.5 Å². The smallest absolute Gasteiger partial charge is 0.224 e. The fourth-order valence-electron chi connectivity index (χ4n) is 4.82. The maximum atomic E-state index is 14.2. The molecule has 2 aromatic rings. The van der Waals surface area contributed by atoms with Crippen molar-refractivity contribution < 1.29 is 23.4 Å². The fourth-order valence-corrected chi connectivity index (χ4v) is 4.82. The van der Waals surface area contributed by atoms with Crippen LogP contribution in [-0.2, 0) is 4.79 Å². The van der Waals surface area contributed by atoms with E-state index < -0.39 is 0 Å². The first-order valence-corrected chi connectivity index (χ1v) is 11.3. The van der Waals surface area contributed by atoms with Gasteiger partial charge in [-0.3, -0.25) is 4.79 Å². The lowest BCUT2D eigenvalue weighted by Crippen LogP contribution is -2.36. The second kappa shape index (κ2) is 9.89. The number of likely N-dealkylation sites (tertiary alicyclic amines) is 1. The van der Waals surface area contributed by atoms with Crippen molar-refractivity contribution in [1.29, 1.82) is 0 Å². The average molecular weight is 467 g/mol. The van der Waals surface area contributed by atoms with Crippen molar-refractivity contribution in [3.63, 3.8) is 0 Å². The van der Waals surface area contributed by atoms with E-state index in [1.54, 1.807) is 27.4 Å². The summed E-state index contributed by atoms with van der Waals surface area (Å²) in [7, 11) is 6.76. The third kappa shape index (κ3) is 4.66. The van der Waals surface area contributed by atoms with Gasteiger partial charge in [0.2, 0.25) is 11.7 Å². The number of likely N-dealkylation sites (N-methyl/N-ethyl adjacent to an activating group) is 1. The van der Waals surface area contributed by atoms with Gasteiger partial charge in [0.1, 0.15) is 5.82 Å². The normalized spacial score (nSPS) is 18.9. The van der Waals surface area contributed by atoms with Gasteiger partial charge in [0.05, 0.1) is 27.8 Å². The lowest BCUT2D eigenvalue weighted by atomic mass is 10.00. The van der Waals surface area contributed by atoms with E-state index in [0.717, 1.165) is 52.9 Å². The topological polar surface area (TPSA) is 60.0 Å². The van der Waals surface area contributed by atoms with Crippen molar-refractivity contribution in [2.45, 2.75) is 25.8 Å². The highest BCUT2D eigenvalue weighted by atomic mass is 19.1. The predicted octanol–water partition coefficient (Wildman–Crippen LogP) is 4.39. The van der Waals surface area contributed by atoms with Gasteiger partial charge in [-0.15, -0.1) is 0 Å². The van der Waals surface area contributed by atoms with Crippen molar-refractivity contribution in [3.8, 4) is 17.2 Å². The first-order valence-electron chi connectivity index (χ1n) is 11.3. The Balaban J connectivity index is 1.71. The van der Waals surface area contributed by atoms with E-state index in [2.05, 4.69) is 17.3 Å². The lowest BCUT2D eigenvalue weighted by molar-refractivity contribution is -0.120. The Hall–Kier alpha value is -3.32. The number of allylic oxidation sites excluding steroid dienone is 2. The molecule has 34 heavy (non-hydrogen) atoms. The zero-order chi connectivity index (χ0) is 24.4. The van der Waals surface area contributed by atoms with E-state index in [4.69, 9.17) is 14.2 Å². The molecule has 0 aromatic heterocycles. The molecule has 0 radical (unpaired) electrons. The molecule has 1 aliphatic heterocycles. The van der Waals surface area contributed by atoms with Crippen LogP contribution in [0.15, 0.2) is 35.9 Å². The van der Waals surface area contributed by atoms with Crippen molar-refractivity contribution in [1.82, 2.24) is 10.2 Å². The molecular weight excluding hydrogens is 435 g/mol. The van der Waals surface area contributed by atoms with Crippen LogP contribution < -0.4 is 19.5 Å². The number of hydrogen-bond donors (Lipinski definition) is 1. The summed E-state index contributed by atoms with van der Waals surface area (Å²) in [4.78, 5) is 15.1. The molecule has 2 aliphatic rings. The molecule has 1 aliphatic carbocycles. The summed E-state index contributed by atoms with van der Waals surface area (Å²) in [6.07, 6.45) is 3.15. The number of fused-ring (bicyclic) bond motifs is 1. The van der Waals surface area contributed by atoms with E-state index in [0.29, 0.717) is 17.2 Å². The molecule has 4 rings (SSSR count). The summed E-state index contributed by atoms with van der Waals surface area (Å²) in [5, 5.41) is 3.13. The summed E-state index contributed by atoms with van der Waals surface area (Å²) in [6, 6.07) is 8.63. The van der Waals surface area contributed by atoms with Crippen molar-refractivity contribution in [2.24, 2.45) is 0 Å².